The highest BCUT2D eigenvalue weighted by Crippen LogP contribution is 2.32. The van der Waals surface area contributed by atoms with Crippen molar-refractivity contribution in [2.24, 2.45) is 0 Å². The Balaban J connectivity index is 2.03. The molecule has 4 nitrogen and oxygen atoms in total. The molecule has 3 rings (SSSR count). The van der Waals surface area contributed by atoms with Gasteiger partial charge in [0.05, 0.1) is 17.5 Å². The molecule has 0 aliphatic rings. The van der Waals surface area contributed by atoms with Crippen molar-refractivity contribution in [2.75, 3.05) is 0 Å². The van der Waals surface area contributed by atoms with E-state index in [1.54, 1.807) is 10.6 Å². The molecule has 32 heavy (non-hydrogen) atoms. The van der Waals surface area contributed by atoms with Crippen molar-refractivity contribution in [2.45, 2.75) is 45.3 Å². The second-order valence-corrected chi connectivity index (χ2v) is 7.58. The zero-order valence-corrected chi connectivity index (χ0v) is 17.8. The van der Waals surface area contributed by atoms with Crippen LogP contribution in [0.5, 0.6) is 0 Å². The number of aryl methyl sites for hydroxylation is 1. The number of hydrogen-bond donors (Lipinski definition) is 1. The van der Waals surface area contributed by atoms with Crippen molar-refractivity contribution in [1.82, 2.24) is 9.55 Å². The first kappa shape index (κ1) is 23.3. The fourth-order valence-electron chi connectivity index (χ4n) is 3.55. The van der Waals surface area contributed by atoms with Gasteiger partial charge in [0.2, 0.25) is 0 Å². The van der Waals surface area contributed by atoms with E-state index in [1.807, 2.05) is 37.3 Å². The molecule has 0 radical (unpaired) electrons. The van der Waals surface area contributed by atoms with Crippen LogP contribution in [0.2, 0.25) is 0 Å². The predicted octanol–water partition coefficient (Wildman–Crippen LogP) is 6.00. The Morgan fingerprint density at radius 1 is 1.09 bits per heavy atom. The molecule has 168 valence electrons. The van der Waals surface area contributed by atoms with Crippen LogP contribution in [-0.4, -0.2) is 20.6 Å². The maximum Gasteiger partial charge on any atom is 0.416 e. The van der Waals surface area contributed by atoms with Crippen LogP contribution in [0.3, 0.4) is 0 Å². The largest absolute Gasteiger partial charge is 0.478 e. The molecule has 2 aromatic carbocycles. The Hall–Kier alpha value is -3.35. The number of rotatable bonds is 9. The van der Waals surface area contributed by atoms with Gasteiger partial charge in [0.25, 0.3) is 0 Å². The lowest BCUT2D eigenvalue weighted by Gasteiger charge is -2.16. The molecule has 0 aliphatic carbocycles. The molecule has 0 fully saturated rings. The summed E-state index contributed by atoms with van der Waals surface area (Å²) in [6.45, 7) is 1.98. The number of halogens is 3. The zero-order valence-electron chi connectivity index (χ0n) is 17.8. The number of benzene rings is 2. The van der Waals surface area contributed by atoms with Gasteiger partial charge in [-0.3, -0.25) is 0 Å². The number of hydrogen-bond acceptors (Lipinski definition) is 2. The fraction of sp³-hybridized carbons (Fsp3) is 0.280. The van der Waals surface area contributed by atoms with Crippen LogP contribution < -0.4 is 0 Å². The highest BCUT2D eigenvalue weighted by molar-refractivity contribution is 5.92. The second kappa shape index (κ2) is 10.3. The van der Waals surface area contributed by atoms with Crippen molar-refractivity contribution in [3.05, 3.63) is 94.6 Å². The minimum Gasteiger partial charge on any atom is -0.478 e. The summed E-state index contributed by atoms with van der Waals surface area (Å²) in [5.74, 6) is -0.438. The standard InChI is InChI=1S/C25H25F3N2O2/c1-2-3-13-23-29-16-21(15-20(24(31)32)14-18-9-5-4-6-10-18)30(23)17-19-11-7-8-12-22(19)25(26,27)28/h4-12,15-16H,2-3,13-14,17H2,1H3,(H,31,32). The molecule has 0 aliphatic heterocycles. The van der Waals surface area contributed by atoms with Crippen molar-refractivity contribution in [1.29, 1.82) is 0 Å². The number of carboxylic acid groups (broad SMARTS) is 1. The van der Waals surface area contributed by atoms with Gasteiger partial charge in [0, 0.05) is 25.0 Å². The van der Waals surface area contributed by atoms with E-state index in [4.69, 9.17) is 0 Å². The van der Waals surface area contributed by atoms with E-state index in [-0.39, 0.29) is 24.1 Å². The quantitative estimate of drug-likeness (QED) is 0.413. The molecular weight excluding hydrogens is 417 g/mol. The second-order valence-electron chi connectivity index (χ2n) is 7.58. The summed E-state index contributed by atoms with van der Waals surface area (Å²) >= 11 is 0. The number of nitrogens with zero attached hydrogens (tertiary/aromatic N) is 2. The van der Waals surface area contributed by atoms with E-state index in [0.717, 1.165) is 24.5 Å². The lowest BCUT2D eigenvalue weighted by molar-refractivity contribution is -0.138. The Labute approximate surface area is 185 Å². The van der Waals surface area contributed by atoms with Crippen LogP contribution in [0.25, 0.3) is 6.08 Å². The van der Waals surface area contributed by atoms with E-state index in [0.29, 0.717) is 17.9 Å². The van der Waals surface area contributed by atoms with E-state index in [1.165, 1.54) is 24.4 Å². The van der Waals surface area contributed by atoms with Crippen molar-refractivity contribution in [3.63, 3.8) is 0 Å². The summed E-state index contributed by atoms with van der Waals surface area (Å²) in [6, 6.07) is 14.6. The van der Waals surface area contributed by atoms with Crippen molar-refractivity contribution in [3.8, 4) is 0 Å². The van der Waals surface area contributed by atoms with Crippen LogP contribution in [0.1, 0.15) is 48.0 Å². The van der Waals surface area contributed by atoms with Gasteiger partial charge in [-0.1, -0.05) is 61.9 Å². The molecule has 0 bridgehead atoms. The maximum absolute atomic E-state index is 13.5. The average Bonchev–Trinajstić information content (AvgIpc) is 3.13. The van der Waals surface area contributed by atoms with Gasteiger partial charge >= 0.3 is 12.1 Å². The summed E-state index contributed by atoms with van der Waals surface area (Å²) in [5.41, 5.74) is 0.865. The minimum absolute atomic E-state index is 0.0429. The van der Waals surface area contributed by atoms with E-state index >= 15 is 0 Å². The molecule has 0 unspecified atom stereocenters. The summed E-state index contributed by atoms with van der Waals surface area (Å²) in [7, 11) is 0. The Bertz CT molecular complexity index is 1090. The molecule has 7 heteroatoms. The number of imidazole rings is 1. The number of aromatic nitrogens is 2. The highest BCUT2D eigenvalue weighted by atomic mass is 19.4. The van der Waals surface area contributed by atoms with E-state index < -0.39 is 17.7 Å². The van der Waals surface area contributed by atoms with Crippen LogP contribution in [0, 0.1) is 0 Å². The molecule has 1 N–H and O–H groups in total. The highest BCUT2D eigenvalue weighted by Gasteiger charge is 2.33. The number of carbonyl (C=O) groups is 1. The Kier molecular flexibility index (Phi) is 7.51. The SMILES string of the molecule is CCCCc1ncc(C=C(Cc2ccccc2)C(=O)O)n1Cc1ccccc1C(F)(F)F. The lowest BCUT2D eigenvalue weighted by atomic mass is 10.0. The van der Waals surface area contributed by atoms with Crippen LogP contribution in [0.4, 0.5) is 13.2 Å². The van der Waals surface area contributed by atoms with Gasteiger partial charge in [-0.15, -0.1) is 0 Å². The molecule has 3 aromatic rings. The van der Waals surface area contributed by atoms with Gasteiger partial charge in [-0.25, -0.2) is 9.78 Å². The average molecular weight is 442 g/mol. The molecule has 0 saturated carbocycles. The smallest absolute Gasteiger partial charge is 0.416 e. The third-order valence-corrected chi connectivity index (χ3v) is 5.21. The monoisotopic (exact) mass is 442 g/mol. The molecule has 1 heterocycles. The maximum atomic E-state index is 13.5. The van der Waals surface area contributed by atoms with Crippen LogP contribution in [-0.2, 0) is 30.4 Å². The van der Waals surface area contributed by atoms with Gasteiger partial charge in [-0.2, -0.15) is 13.2 Å². The van der Waals surface area contributed by atoms with E-state index in [2.05, 4.69) is 4.98 Å². The van der Waals surface area contributed by atoms with Crippen LogP contribution in [0.15, 0.2) is 66.4 Å². The third-order valence-electron chi connectivity index (χ3n) is 5.21. The fourth-order valence-corrected chi connectivity index (χ4v) is 3.55. The molecule has 0 saturated heterocycles. The van der Waals surface area contributed by atoms with Crippen molar-refractivity contribution < 1.29 is 23.1 Å². The van der Waals surface area contributed by atoms with Gasteiger partial charge in [0.1, 0.15) is 5.82 Å². The summed E-state index contributed by atoms with van der Waals surface area (Å²) in [6.07, 6.45) is 1.10. The normalized spacial score (nSPS) is 12.2. The van der Waals surface area contributed by atoms with Gasteiger partial charge < -0.3 is 9.67 Å². The third kappa shape index (κ3) is 5.87. The molecular formula is C25H25F3N2O2. The first-order valence-corrected chi connectivity index (χ1v) is 10.5. The number of unbranched alkanes of at least 4 members (excludes halogenated alkanes) is 1. The minimum atomic E-state index is -4.48. The van der Waals surface area contributed by atoms with Crippen molar-refractivity contribution >= 4 is 12.0 Å². The predicted molar refractivity (Wildman–Crippen MR) is 117 cm³/mol. The molecule has 0 atom stereocenters. The van der Waals surface area contributed by atoms with Gasteiger partial charge in [0.15, 0.2) is 0 Å². The lowest BCUT2D eigenvalue weighted by Crippen LogP contribution is -2.14. The molecule has 1 aromatic heterocycles. The topological polar surface area (TPSA) is 55.1 Å². The number of carboxylic acids is 1. The number of alkyl halides is 3. The number of aliphatic carboxylic acids is 1. The van der Waals surface area contributed by atoms with Crippen LogP contribution >= 0.6 is 0 Å². The Morgan fingerprint density at radius 2 is 1.78 bits per heavy atom. The van der Waals surface area contributed by atoms with E-state index in [9.17, 15) is 23.1 Å². The molecule has 0 amide bonds. The summed E-state index contributed by atoms with van der Waals surface area (Å²) in [4.78, 5) is 16.3. The summed E-state index contributed by atoms with van der Waals surface area (Å²) in [5, 5.41) is 9.73. The molecule has 0 spiro atoms. The Morgan fingerprint density at radius 3 is 2.44 bits per heavy atom. The van der Waals surface area contributed by atoms with Gasteiger partial charge in [-0.05, 0) is 29.7 Å². The summed E-state index contributed by atoms with van der Waals surface area (Å²) < 4.78 is 42.3. The first-order chi connectivity index (χ1) is 15.3. The first-order valence-electron chi connectivity index (χ1n) is 10.5. The zero-order chi connectivity index (χ0) is 23.1.